The first-order valence-electron chi connectivity index (χ1n) is 7.80. The van der Waals surface area contributed by atoms with Crippen molar-refractivity contribution in [1.29, 1.82) is 0 Å². The Labute approximate surface area is 149 Å². The van der Waals surface area contributed by atoms with Crippen LogP contribution >= 0.6 is 24.8 Å². The van der Waals surface area contributed by atoms with E-state index >= 15 is 0 Å². The van der Waals surface area contributed by atoms with Crippen LogP contribution in [0, 0.1) is 0 Å². The Balaban J connectivity index is 0.00000132. The number of phenols is 2. The summed E-state index contributed by atoms with van der Waals surface area (Å²) in [4.78, 5) is 2.42. The number of hydrogen-bond donors (Lipinski definition) is 3. The summed E-state index contributed by atoms with van der Waals surface area (Å²) in [7, 11) is 0. The molecule has 0 spiro atoms. The van der Waals surface area contributed by atoms with Crippen LogP contribution in [0.15, 0.2) is 12.1 Å². The predicted octanol–water partition coefficient (Wildman–Crippen LogP) is 2.37. The van der Waals surface area contributed by atoms with Crippen molar-refractivity contribution >= 4 is 24.8 Å². The minimum Gasteiger partial charge on any atom is -0.504 e. The number of piperidine rings is 1. The van der Waals surface area contributed by atoms with Gasteiger partial charge in [0.05, 0.1) is 12.2 Å². The van der Waals surface area contributed by atoms with Crippen molar-refractivity contribution in [2.45, 2.75) is 37.9 Å². The molecule has 0 aliphatic carbocycles. The van der Waals surface area contributed by atoms with E-state index in [4.69, 9.17) is 10.5 Å². The van der Waals surface area contributed by atoms with Crippen LogP contribution in [0.4, 0.5) is 0 Å². The van der Waals surface area contributed by atoms with Gasteiger partial charge in [-0.1, -0.05) is 12.5 Å². The molecule has 0 saturated carbocycles. The van der Waals surface area contributed by atoms with Crippen molar-refractivity contribution in [3.05, 3.63) is 23.3 Å². The van der Waals surface area contributed by atoms with Gasteiger partial charge in [-0.2, -0.15) is 0 Å². The highest BCUT2D eigenvalue weighted by Gasteiger charge is 2.31. The molecule has 1 saturated heterocycles. The first-order chi connectivity index (χ1) is 10.2. The highest BCUT2D eigenvalue weighted by Crippen LogP contribution is 2.39. The van der Waals surface area contributed by atoms with Gasteiger partial charge < -0.3 is 25.6 Å². The quantitative estimate of drug-likeness (QED) is 0.717. The minimum absolute atomic E-state index is 0. The van der Waals surface area contributed by atoms with E-state index in [9.17, 15) is 10.2 Å². The molecule has 5 nitrogen and oxygen atoms in total. The number of fused-ring (bicyclic) bond motifs is 1. The second kappa shape index (κ2) is 8.94. The Kier molecular flexibility index (Phi) is 7.90. The molecule has 2 aliphatic rings. The number of likely N-dealkylation sites (tertiary alicyclic amines) is 1. The SMILES string of the molecule is Cl.Cl.NC[C@@H]1O[C@H](CN2CCCCC2)Cc2c1ccc(O)c2O. The molecule has 0 unspecified atom stereocenters. The van der Waals surface area contributed by atoms with Gasteiger partial charge in [0, 0.05) is 25.1 Å². The molecule has 0 radical (unpaired) electrons. The van der Waals surface area contributed by atoms with Gasteiger partial charge in [0.15, 0.2) is 11.5 Å². The number of ether oxygens (including phenoxy) is 1. The molecule has 7 heteroatoms. The molecule has 1 aromatic rings. The lowest BCUT2D eigenvalue weighted by Crippen LogP contribution is -2.41. The van der Waals surface area contributed by atoms with Gasteiger partial charge >= 0.3 is 0 Å². The lowest BCUT2D eigenvalue weighted by Gasteiger charge is -2.36. The third-order valence-corrected chi connectivity index (χ3v) is 4.56. The van der Waals surface area contributed by atoms with E-state index in [1.807, 2.05) is 0 Å². The Morgan fingerprint density at radius 2 is 1.83 bits per heavy atom. The van der Waals surface area contributed by atoms with Crippen LogP contribution in [-0.2, 0) is 11.2 Å². The van der Waals surface area contributed by atoms with E-state index in [1.165, 1.54) is 25.3 Å². The van der Waals surface area contributed by atoms with Crippen LogP contribution in [0.25, 0.3) is 0 Å². The van der Waals surface area contributed by atoms with Crippen molar-refractivity contribution in [1.82, 2.24) is 4.90 Å². The van der Waals surface area contributed by atoms with Gasteiger partial charge in [-0.25, -0.2) is 0 Å². The average Bonchev–Trinajstić information content (AvgIpc) is 2.51. The number of hydrogen-bond acceptors (Lipinski definition) is 5. The molecule has 2 atom stereocenters. The molecule has 23 heavy (non-hydrogen) atoms. The van der Waals surface area contributed by atoms with Crippen molar-refractivity contribution < 1.29 is 14.9 Å². The Bertz CT molecular complexity index is 510. The predicted molar refractivity (Wildman–Crippen MR) is 94.9 cm³/mol. The van der Waals surface area contributed by atoms with Crippen molar-refractivity contribution in [3.8, 4) is 11.5 Å². The van der Waals surface area contributed by atoms with E-state index in [-0.39, 0.29) is 48.5 Å². The molecule has 132 valence electrons. The van der Waals surface area contributed by atoms with E-state index in [0.717, 1.165) is 30.8 Å². The van der Waals surface area contributed by atoms with E-state index in [2.05, 4.69) is 4.90 Å². The van der Waals surface area contributed by atoms with Gasteiger partial charge in [-0.05, 0) is 37.6 Å². The van der Waals surface area contributed by atoms with Crippen LogP contribution in [0.3, 0.4) is 0 Å². The van der Waals surface area contributed by atoms with Gasteiger partial charge in [0.1, 0.15) is 0 Å². The number of nitrogens with two attached hydrogens (primary N) is 1. The smallest absolute Gasteiger partial charge is 0.161 e. The maximum absolute atomic E-state index is 10.1. The minimum atomic E-state index is -0.199. The Hall–Kier alpha value is -0.720. The standard InChI is InChI=1S/C16H24N2O3.2ClH/c17-9-15-12-4-5-14(19)16(20)13(12)8-11(21-15)10-18-6-2-1-3-7-18;;/h4-5,11,15,19-20H,1-3,6-10,17H2;2*1H/t11-,15-;;/m0../s1. The number of aromatic hydroxyl groups is 2. The van der Waals surface area contributed by atoms with Crippen LogP contribution in [0.2, 0.25) is 0 Å². The lowest BCUT2D eigenvalue weighted by molar-refractivity contribution is -0.0395. The molecule has 2 aliphatic heterocycles. The van der Waals surface area contributed by atoms with Crippen LogP contribution in [0.1, 0.15) is 36.5 Å². The second-order valence-corrected chi connectivity index (χ2v) is 6.05. The highest BCUT2D eigenvalue weighted by atomic mass is 35.5. The zero-order chi connectivity index (χ0) is 14.8. The molecule has 2 heterocycles. The van der Waals surface area contributed by atoms with Gasteiger partial charge in [0.25, 0.3) is 0 Å². The summed E-state index contributed by atoms with van der Waals surface area (Å²) < 4.78 is 6.10. The third kappa shape index (κ3) is 4.43. The van der Waals surface area contributed by atoms with E-state index in [1.54, 1.807) is 6.07 Å². The first-order valence-corrected chi connectivity index (χ1v) is 7.80. The molecular weight excluding hydrogens is 339 g/mol. The van der Waals surface area contributed by atoms with Gasteiger partial charge in [-0.3, -0.25) is 0 Å². The summed E-state index contributed by atoms with van der Waals surface area (Å²) in [5.74, 6) is -0.0824. The van der Waals surface area contributed by atoms with Crippen molar-refractivity contribution in [2.75, 3.05) is 26.2 Å². The van der Waals surface area contributed by atoms with Crippen LogP contribution in [0.5, 0.6) is 11.5 Å². The number of phenolic OH excluding ortho intramolecular Hbond substituents is 2. The summed E-state index contributed by atoms with van der Waals surface area (Å²) in [6.07, 6.45) is 4.26. The number of rotatable bonds is 3. The molecule has 0 amide bonds. The molecular formula is C16H26Cl2N2O3. The summed E-state index contributed by atoms with van der Waals surface area (Å²) in [6.45, 7) is 3.48. The molecule has 0 aromatic heterocycles. The van der Waals surface area contributed by atoms with Gasteiger partial charge in [0.2, 0.25) is 0 Å². The van der Waals surface area contributed by atoms with Gasteiger partial charge in [-0.15, -0.1) is 24.8 Å². The lowest BCUT2D eigenvalue weighted by atomic mass is 9.92. The number of nitrogens with zero attached hydrogens (tertiary/aromatic N) is 1. The fourth-order valence-corrected chi connectivity index (χ4v) is 3.46. The molecule has 3 rings (SSSR count). The summed E-state index contributed by atoms with van der Waals surface area (Å²) >= 11 is 0. The normalized spacial score (nSPS) is 24.2. The van der Waals surface area contributed by atoms with Crippen LogP contribution in [-0.4, -0.2) is 47.4 Å². The molecule has 4 N–H and O–H groups in total. The van der Waals surface area contributed by atoms with E-state index in [0.29, 0.717) is 13.0 Å². The topological polar surface area (TPSA) is 79.0 Å². The fourth-order valence-electron chi connectivity index (χ4n) is 3.46. The maximum Gasteiger partial charge on any atom is 0.161 e. The van der Waals surface area contributed by atoms with Crippen molar-refractivity contribution in [3.63, 3.8) is 0 Å². The maximum atomic E-state index is 10.1. The summed E-state index contributed by atoms with van der Waals surface area (Å²) in [5, 5.41) is 19.8. The Morgan fingerprint density at radius 1 is 1.13 bits per heavy atom. The fraction of sp³-hybridized carbons (Fsp3) is 0.625. The largest absolute Gasteiger partial charge is 0.504 e. The van der Waals surface area contributed by atoms with E-state index < -0.39 is 0 Å². The monoisotopic (exact) mass is 364 g/mol. The molecule has 1 fully saturated rings. The summed E-state index contributed by atoms with van der Waals surface area (Å²) in [6, 6.07) is 3.31. The summed E-state index contributed by atoms with van der Waals surface area (Å²) in [5.41, 5.74) is 7.51. The average molecular weight is 365 g/mol. The number of benzene rings is 1. The third-order valence-electron chi connectivity index (χ3n) is 4.56. The Morgan fingerprint density at radius 3 is 2.48 bits per heavy atom. The van der Waals surface area contributed by atoms with Crippen LogP contribution < -0.4 is 5.73 Å². The zero-order valence-electron chi connectivity index (χ0n) is 13.1. The highest BCUT2D eigenvalue weighted by molar-refractivity contribution is 5.85. The molecule has 1 aromatic carbocycles. The zero-order valence-corrected chi connectivity index (χ0v) is 14.7. The first kappa shape index (κ1) is 20.3. The molecule has 0 bridgehead atoms. The van der Waals surface area contributed by atoms with Crippen molar-refractivity contribution in [2.24, 2.45) is 5.73 Å². The number of halogens is 2. The second-order valence-electron chi connectivity index (χ2n) is 6.05.